The highest BCUT2D eigenvalue weighted by Gasteiger charge is 2.10. The number of allylic oxidation sites excluding steroid dienone is 2. The SMILES string of the molecule is NC(=O)C(=CCCCCC=C(CC(=O)O)C(N)=O)CC(=O)O. The molecule has 0 unspecified atom stereocenters. The van der Waals surface area contributed by atoms with E-state index in [9.17, 15) is 19.2 Å². The molecule has 0 bridgehead atoms. The minimum atomic E-state index is -1.13. The Morgan fingerprint density at radius 1 is 0.727 bits per heavy atom. The molecule has 0 radical (unpaired) electrons. The molecule has 0 spiro atoms. The number of amides is 2. The second-order valence-electron chi connectivity index (χ2n) is 4.61. The fourth-order valence-corrected chi connectivity index (χ4v) is 1.69. The van der Waals surface area contributed by atoms with Gasteiger partial charge in [-0.15, -0.1) is 0 Å². The molecule has 8 nitrogen and oxygen atoms in total. The van der Waals surface area contributed by atoms with E-state index in [0.29, 0.717) is 25.7 Å². The van der Waals surface area contributed by atoms with Crippen molar-refractivity contribution in [1.82, 2.24) is 0 Å². The van der Waals surface area contributed by atoms with Crippen molar-refractivity contribution in [3.63, 3.8) is 0 Å². The highest BCUT2D eigenvalue weighted by atomic mass is 16.4. The van der Waals surface area contributed by atoms with Gasteiger partial charge in [0.25, 0.3) is 0 Å². The van der Waals surface area contributed by atoms with Crippen molar-refractivity contribution in [2.24, 2.45) is 11.5 Å². The van der Waals surface area contributed by atoms with Gasteiger partial charge >= 0.3 is 11.9 Å². The highest BCUT2D eigenvalue weighted by molar-refractivity contribution is 5.96. The summed E-state index contributed by atoms with van der Waals surface area (Å²) in [4.78, 5) is 43.0. The third kappa shape index (κ3) is 9.29. The summed E-state index contributed by atoms with van der Waals surface area (Å²) in [6, 6.07) is 0. The van der Waals surface area contributed by atoms with Crippen LogP contribution in [-0.4, -0.2) is 34.0 Å². The number of unbranched alkanes of at least 4 members (excludes halogenated alkanes) is 3. The number of hydrogen-bond acceptors (Lipinski definition) is 4. The van der Waals surface area contributed by atoms with E-state index >= 15 is 0 Å². The molecule has 122 valence electrons. The smallest absolute Gasteiger partial charge is 0.308 e. The molecule has 0 aromatic heterocycles. The van der Waals surface area contributed by atoms with Gasteiger partial charge in [0.15, 0.2) is 0 Å². The molecular weight excluding hydrogens is 292 g/mol. The number of carbonyl (C=O) groups is 4. The second-order valence-corrected chi connectivity index (χ2v) is 4.61. The monoisotopic (exact) mass is 312 g/mol. The fraction of sp³-hybridized carbons (Fsp3) is 0.429. The third-order valence-corrected chi connectivity index (χ3v) is 2.76. The molecule has 0 aromatic carbocycles. The van der Waals surface area contributed by atoms with Gasteiger partial charge in [0.2, 0.25) is 11.8 Å². The zero-order valence-electron chi connectivity index (χ0n) is 12.1. The summed E-state index contributed by atoms with van der Waals surface area (Å²) in [6.07, 6.45) is 4.31. The number of hydrogen-bond donors (Lipinski definition) is 4. The molecule has 0 aromatic rings. The lowest BCUT2D eigenvalue weighted by atomic mass is 10.1. The molecule has 0 heterocycles. The molecule has 6 N–H and O–H groups in total. The van der Waals surface area contributed by atoms with E-state index in [1.807, 2.05) is 0 Å². The highest BCUT2D eigenvalue weighted by Crippen LogP contribution is 2.10. The van der Waals surface area contributed by atoms with Crippen molar-refractivity contribution < 1.29 is 29.4 Å². The van der Waals surface area contributed by atoms with Gasteiger partial charge in [-0.25, -0.2) is 0 Å². The summed E-state index contributed by atoms with van der Waals surface area (Å²) in [5, 5.41) is 17.2. The van der Waals surface area contributed by atoms with Gasteiger partial charge in [0.05, 0.1) is 12.8 Å². The summed E-state index contributed by atoms with van der Waals surface area (Å²) in [7, 11) is 0. The lowest BCUT2D eigenvalue weighted by Crippen LogP contribution is -2.16. The normalized spacial score (nSPS) is 12.0. The maximum Gasteiger partial charge on any atom is 0.308 e. The van der Waals surface area contributed by atoms with Crippen LogP contribution in [0.4, 0.5) is 0 Å². The van der Waals surface area contributed by atoms with E-state index in [2.05, 4.69) is 0 Å². The van der Waals surface area contributed by atoms with Crippen LogP contribution < -0.4 is 11.5 Å². The van der Waals surface area contributed by atoms with Crippen LogP contribution in [0.5, 0.6) is 0 Å². The molecular formula is C14H20N2O6. The number of aliphatic carboxylic acids is 2. The van der Waals surface area contributed by atoms with Crippen molar-refractivity contribution in [3.8, 4) is 0 Å². The van der Waals surface area contributed by atoms with Gasteiger partial charge in [-0.3, -0.25) is 19.2 Å². The Kier molecular flexibility index (Phi) is 8.92. The number of nitrogens with two attached hydrogens (primary N) is 2. The van der Waals surface area contributed by atoms with Crippen LogP contribution in [0.1, 0.15) is 38.5 Å². The van der Waals surface area contributed by atoms with Crippen LogP contribution in [0, 0.1) is 0 Å². The molecule has 0 aliphatic heterocycles. The first-order valence-electron chi connectivity index (χ1n) is 6.65. The van der Waals surface area contributed by atoms with E-state index in [1.54, 1.807) is 0 Å². The predicted molar refractivity (Wildman–Crippen MR) is 77.5 cm³/mol. The van der Waals surface area contributed by atoms with Gasteiger partial charge in [0, 0.05) is 11.1 Å². The molecule has 22 heavy (non-hydrogen) atoms. The summed E-state index contributed by atoms with van der Waals surface area (Å²) in [5.74, 6) is -3.79. The predicted octanol–water partition coefficient (Wildman–Crippen LogP) is 0.320. The molecule has 0 atom stereocenters. The van der Waals surface area contributed by atoms with Gasteiger partial charge in [-0.05, 0) is 25.7 Å². The maximum atomic E-state index is 11.0. The Morgan fingerprint density at radius 3 is 1.27 bits per heavy atom. The quantitative estimate of drug-likeness (QED) is 0.317. The van der Waals surface area contributed by atoms with Crippen LogP contribution in [-0.2, 0) is 19.2 Å². The molecule has 8 heteroatoms. The van der Waals surface area contributed by atoms with Gasteiger partial charge in [-0.1, -0.05) is 12.2 Å². The van der Waals surface area contributed by atoms with Crippen molar-refractivity contribution in [1.29, 1.82) is 0 Å². The van der Waals surface area contributed by atoms with Crippen LogP contribution in [0.25, 0.3) is 0 Å². The Morgan fingerprint density at radius 2 is 1.05 bits per heavy atom. The van der Waals surface area contributed by atoms with Crippen LogP contribution in [0.3, 0.4) is 0 Å². The zero-order chi connectivity index (χ0) is 17.1. The summed E-state index contributed by atoms with van der Waals surface area (Å²) < 4.78 is 0. The van der Waals surface area contributed by atoms with Crippen LogP contribution >= 0.6 is 0 Å². The summed E-state index contributed by atoms with van der Waals surface area (Å²) >= 11 is 0. The molecule has 0 rings (SSSR count). The number of rotatable bonds is 11. The Labute approximate surface area is 127 Å². The van der Waals surface area contributed by atoms with Crippen LogP contribution in [0.15, 0.2) is 23.3 Å². The van der Waals surface area contributed by atoms with Gasteiger partial charge < -0.3 is 21.7 Å². The molecule has 0 saturated heterocycles. The largest absolute Gasteiger partial charge is 0.481 e. The minimum Gasteiger partial charge on any atom is -0.481 e. The summed E-state index contributed by atoms with van der Waals surface area (Å²) in [6.45, 7) is 0. The maximum absolute atomic E-state index is 11.0. The first-order chi connectivity index (χ1) is 10.2. The zero-order valence-corrected chi connectivity index (χ0v) is 12.1. The molecule has 0 saturated carbocycles. The number of carboxylic acid groups (broad SMARTS) is 2. The van der Waals surface area contributed by atoms with Crippen molar-refractivity contribution in [3.05, 3.63) is 23.3 Å². The Hall–Kier alpha value is -2.64. The average molecular weight is 312 g/mol. The average Bonchev–Trinajstić information content (AvgIpc) is 2.38. The van der Waals surface area contributed by atoms with Crippen molar-refractivity contribution >= 4 is 23.8 Å². The van der Waals surface area contributed by atoms with Crippen molar-refractivity contribution in [2.45, 2.75) is 38.5 Å². The van der Waals surface area contributed by atoms with Gasteiger partial charge in [-0.2, -0.15) is 0 Å². The molecule has 0 aliphatic rings. The molecule has 0 fully saturated rings. The Bertz CT molecular complexity index is 461. The van der Waals surface area contributed by atoms with Crippen molar-refractivity contribution in [2.75, 3.05) is 0 Å². The standard InChI is InChI=1S/C14H20N2O6/c15-13(21)9(7-11(17)18)5-3-1-2-4-6-10(14(16)22)8-12(19)20/h5-6H,1-4,7-8H2,(H2,15,21)(H2,16,22)(H,17,18)(H,19,20). The van der Waals surface area contributed by atoms with E-state index < -0.39 is 36.6 Å². The molecule has 0 aliphatic carbocycles. The topological polar surface area (TPSA) is 161 Å². The third-order valence-electron chi connectivity index (χ3n) is 2.76. The first-order valence-corrected chi connectivity index (χ1v) is 6.65. The molecule has 2 amide bonds. The van der Waals surface area contributed by atoms with E-state index in [0.717, 1.165) is 0 Å². The second kappa shape index (κ2) is 10.1. The first kappa shape index (κ1) is 19.4. The van der Waals surface area contributed by atoms with E-state index in [4.69, 9.17) is 21.7 Å². The van der Waals surface area contributed by atoms with Crippen LogP contribution in [0.2, 0.25) is 0 Å². The lowest BCUT2D eigenvalue weighted by Gasteiger charge is -2.01. The Balaban J connectivity index is 4.30. The number of primary amides is 2. The number of carbonyl (C=O) groups excluding carboxylic acids is 2. The lowest BCUT2D eigenvalue weighted by molar-refractivity contribution is -0.137. The van der Waals surface area contributed by atoms with E-state index in [-0.39, 0.29) is 11.1 Å². The fourth-order valence-electron chi connectivity index (χ4n) is 1.69. The minimum absolute atomic E-state index is 0.0479. The van der Waals surface area contributed by atoms with Gasteiger partial charge in [0.1, 0.15) is 0 Å². The van der Waals surface area contributed by atoms with E-state index in [1.165, 1.54) is 12.2 Å². The summed E-state index contributed by atoms with van der Waals surface area (Å²) in [5.41, 5.74) is 10.2. The number of carboxylic acids is 2.